The van der Waals surface area contributed by atoms with Crippen molar-refractivity contribution in [3.05, 3.63) is 83.6 Å². The molecule has 0 aliphatic carbocycles. The lowest BCUT2D eigenvalue weighted by Gasteiger charge is -2.18. The molecule has 3 aromatic rings. The number of rotatable bonds is 5. The van der Waals surface area contributed by atoms with Gasteiger partial charge in [-0.1, -0.05) is 60.7 Å². The molecule has 106 valence electrons. The van der Waals surface area contributed by atoms with Crippen LogP contribution in [0.25, 0.3) is 0 Å². The van der Waals surface area contributed by atoms with Crippen molar-refractivity contribution in [2.24, 2.45) is 0 Å². The quantitative estimate of drug-likeness (QED) is 0.779. The normalized spacial score (nSPS) is 11.0. The van der Waals surface area contributed by atoms with Crippen molar-refractivity contribution in [2.75, 3.05) is 0 Å². The lowest BCUT2D eigenvalue weighted by Crippen LogP contribution is -2.22. The summed E-state index contributed by atoms with van der Waals surface area (Å²) >= 11 is 0. The highest BCUT2D eigenvalue weighted by Gasteiger charge is 2.14. The second-order valence-corrected chi connectivity index (χ2v) is 4.85. The molecular weight excluding hydrogens is 262 g/mol. The SMILES string of the molecule is Cc1nnc(CNC(c2ccccc2)c2ccccc2)o1. The van der Waals surface area contributed by atoms with Crippen LogP contribution in [0.4, 0.5) is 0 Å². The van der Waals surface area contributed by atoms with Gasteiger partial charge in [0.25, 0.3) is 0 Å². The number of nitrogens with zero attached hydrogens (tertiary/aromatic N) is 2. The molecule has 4 heteroatoms. The Morgan fingerprint density at radius 2 is 1.48 bits per heavy atom. The van der Waals surface area contributed by atoms with Crippen LogP contribution < -0.4 is 5.32 Å². The van der Waals surface area contributed by atoms with Gasteiger partial charge in [0.2, 0.25) is 11.8 Å². The Balaban J connectivity index is 1.83. The third-order valence-corrected chi connectivity index (χ3v) is 3.29. The lowest BCUT2D eigenvalue weighted by molar-refractivity contribution is 0.436. The van der Waals surface area contributed by atoms with Crippen LogP contribution in [0.5, 0.6) is 0 Å². The summed E-state index contributed by atoms with van der Waals surface area (Å²) in [6.07, 6.45) is 0. The first-order valence-electron chi connectivity index (χ1n) is 6.95. The number of hydrogen-bond acceptors (Lipinski definition) is 4. The summed E-state index contributed by atoms with van der Waals surface area (Å²) in [5.74, 6) is 1.19. The van der Waals surface area contributed by atoms with E-state index in [1.165, 1.54) is 11.1 Å². The zero-order chi connectivity index (χ0) is 14.5. The monoisotopic (exact) mass is 279 g/mol. The molecule has 21 heavy (non-hydrogen) atoms. The molecule has 0 amide bonds. The van der Waals surface area contributed by atoms with Crippen LogP contribution in [0.1, 0.15) is 29.0 Å². The van der Waals surface area contributed by atoms with Crippen molar-refractivity contribution >= 4 is 0 Å². The van der Waals surface area contributed by atoms with Gasteiger partial charge in [-0.05, 0) is 11.1 Å². The Kier molecular flexibility index (Phi) is 4.07. The van der Waals surface area contributed by atoms with Gasteiger partial charge in [-0.25, -0.2) is 0 Å². The predicted molar refractivity (Wildman–Crippen MR) is 80.6 cm³/mol. The van der Waals surface area contributed by atoms with Crippen LogP contribution in [0, 0.1) is 6.92 Å². The van der Waals surface area contributed by atoms with Crippen molar-refractivity contribution in [2.45, 2.75) is 19.5 Å². The van der Waals surface area contributed by atoms with Crippen molar-refractivity contribution < 1.29 is 4.42 Å². The number of benzene rings is 2. The van der Waals surface area contributed by atoms with E-state index in [0.29, 0.717) is 18.3 Å². The van der Waals surface area contributed by atoms with Gasteiger partial charge in [0.1, 0.15) is 0 Å². The smallest absolute Gasteiger partial charge is 0.230 e. The van der Waals surface area contributed by atoms with E-state index in [2.05, 4.69) is 39.8 Å². The van der Waals surface area contributed by atoms with E-state index >= 15 is 0 Å². The molecule has 0 spiro atoms. The van der Waals surface area contributed by atoms with Crippen LogP contribution in [-0.4, -0.2) is 10.2 Å². The molecule has 0 radical (unpaired) electrons. The molecule has 1 aromatic heterocycles. The molecule has 4 nitrogen and oxygen atoms in total. The van der Waals surface area contributed by atoms with Crippen molar-refractivity contribution in [1.82, 2.24) is 15.5 Å². The van der Waals surface area contributed by atoms with E-state index in [-0.39, 0.29) is 6.04 Å². The standard InChI is InChI=1S/C17H17N3O/c1-13-19-20-16(21-13)12-18-17(14-8-4-2-5-9-14)15-10-6-3-7-11-15/h2-11,17-18H,12H2,1H3. The number of hydrogen-bond donors (Lipinski definition) is 1. The van der Waals surface area contributed by atoms with Crippen molar-refractivity contribution in [1.29, 1.82) is 0 Å². The van der Waals surface area contributed by atoms with Crippen LogP contribution >= 0.6 is 0 Å². The molecule has 1 N–H and O–H groups in total. The second-order valence-electron chi connectivity index (χ2n) is 4.85. The fourth-order valence-electron chi connectivity index (χ4n) is 2.32. The van der Waals surface area contributed by atoms with E-state index < -0.39 is 0 Å². The fraction of sp³-hybridized carbons (Fsp3) is 0.176. The molecular formula is C17H17N3O. The molecule has 3 rings (SSSR count). The fourth-order valence-corrected chi connectivity index (χ4v) is 2.32. The van der Waals surface area contributed by atoms with Crippen LogP contribution in [0.2, 0.25) is 0 Å². The first kappa shape index (κ1) is 13.5. The van der Waals surface area contributed by atoms with E-state index in [4.69, 9.17) is 4.42 Å². The molecule has 0 aliphatic rings. The third-order valence-electron chi connectivity index (χ3n) is 3.29. The van der Waals surface area contributed by atoms with Crippen molar-refractivity contribution in [3.63, 3.8) is 0 Å². The predicted octanol–water partition coefficient (Wildman–Crippen LogP) is 3.26. The molecule has 0 atom stereocenters. The topological polar surface area (TPSA) is 51.0 Å². The summed E-state index contributed by atoms with van der Waals surface area (Å²) in [5.41, 5.74) is 2.42. The van der Waals surface area contributed by atoms with Gasteiger partial charge >= 0.3 is 0 Å². The minimum Gasteiger partial charge on any atom is -0.424 e. The van der Waals surface area contributed by atoms with Crippen LogP contribution in [-0.2, 0) is 6.54 Å². The van der Waals surface area contributed by atoms with Gasteiger partial charge in [0.05, 0.1) is 12.6 Å². The average molecular weight is 279 g/mol. The minimum atomic E-state index is 0.0969. The van der Waals surface area contributed by atoms with E-state index in [1.807, 2.05) is 36.4 Å². The first-order valence-corrected chi connectivity index (χ1v) is 6.95. The molecule has 0 fully saturated rings. The highest BCUT2D eigenvalue weighted by molar-refractivity contribution is 5.31. The number of aromatic nitrogens is 2. The third kappa shape index (κ3) is 3.35. The molecule has 0 bridgehead atoms. The van der Waals surface area contributed by atoms with Gasteiger partial charge in [0, 0.05) is 6.92 Å². The van der Waals surface area contributed by atoms with E-state index in [0.717, 1.165) is 0 Å². The van der Waals surface area contributed by atoms with Gasteiger partial charge in [-0.2, -0.15) is 0 Å². The van der Waals surface area contributed by atoms with Gasteiger partial charge in [-0.3, -0.25) is 5.32 Å². The number of nitrogens with one attached hydrogen (secondary N) is 1. The molecule has 0 aliphatic heterocycles. The Bertz CT molecular complexity index is 640. The summed E-state index contributed by atoms with van der Waals surface area (Å²) in [5, 5.41) is 11.4. The average Bonchev–Trinajstić information content (AvgIpc) is 2.95. The second kappa shape index (κ2) is 6.33. The largest absolute Gasteiger partial charge is 0.424 e. The first-order chi connectivity index (χ1) is 10.3. The Labute approximate surface area is 123 Å². The van der Waals surface area contributed by atoms with Crippen LogP contribution in [0.15, 0.2) is 65.1 Å². The minimum absolute atomic E-state index is 0.0969. The van der Waals surface area contributed by atoms with Crippen molar-refractivity contribution in [3.8, 4) is 0 Å². The van der Waals surface area contributed by atoms with Gasteiger partial charge < -0.3 is 4.42 Å². The molecule has 0 saturated heterocycles. The zero-order valence-corrected chi connectivity index (χ0v) is 11.9. The highest BCUT2D eigenvalue weighted by atomic mass is 16.4. The summed E-state index contributed by atoms with van der Waals surface area (Å²) in [4.78, 5) is 0. The Hall–Kier alpha value is -2.46. The maximum absolute atomic E-state index is 5.42. The van der Waals surface area contributed by atoms with E-state index in [1.54, 1.807) is 6.92 Å². The molecule has 0 saturated carbocycles. The zero-order valence-electron chi connectivity index (χ0n) is 11.9. The van der Waals surface area contributed by atoms with Gasteiger partial charge in [0.15, 0.2) is 0 Å². The molecule has 1 heterocycles. The van der Waals surface area contributed by atoms with E-state index in [9.17, 15) is 0 Å². The maximum Gasteiger partial charge on any atom is 0.230 e. The van der Waals surface area contributed by atoms with Crippen LogP contribution in [0.3, 0.4) is 0 Å². The number of aryl methyl sites for hydroxylation is 1. The van der Waals surface area contributed by atoms with Gasteiger partial charge in [-0.15, -0.1) is 10.2 Å². The summed E-state index contributed by atoms with van der Waals surface area (Å²) in [6.45, 7) is 2.33. The molecule has 2 aromatic carbocycles. The lowest BCUT2D eigenvalue weighted by atomic mass is 9.99. The maximum atomic E-state index is 5.42. The Morgan fingerprint density at radius 3 is 1.95 bits per heavy atom. The summed E-state index contributed by atoms with van der Waals surface area (Å²) in [6, 6.07) is 20.8. The highest BCUT2D eigenvalue weighted by Crippen LogP contribution is 2.22. The Morgan fingerprint density at radius 1 is 0.905 bits per heavy atom. The summed E-state index contributed by atoms with van der Waals surface area (Å²) in [7, 11) is 0. The summed E-state index contributed by atoms with van der Waals surface area (Å²) < 4.78 is 5.42. The molecule has 0 unspecified atom stereocenters.